The lowest BCUT2D eigenvalue weighted by atomic mass is 10.0. The quantitative estimate of drug-likeness (QED) is 0.360. The van der Waals surface area contributed by atoms with Gasteiger partial charge in [-0.3, -0.25) is 0 Å². The van der Waals surface area contributed by atoms with Gasteiger partial charge in [0.25, 0.3) is 0 Å². The summed E-state index contributed by atoms with van der Waals surface area (Å²) in [6.07, 6.45) is 1.66. The number of hydrogen-bond acceptors (Lipinski definition) is 4. The van der Waals surface area contributed by atoms with Crippen LogP contribution in [0.2, 0.25) is 0 Å². The van der Waals surface area contributed by atoms with Crippen molar-refractivity contribution in [1.29, 1.82) is 0 Å². The van der Waals surface area contributed by atoms with E-state index < -0.39 is 0 Å². The van der Waals surface area contributed by atoms with Crippen LogP contribution in [0.3, 0.4) is 0 Å². The van der Waals surface area contributed by atoms with Crippen LogP contribution in [-0.4, -0.2) is 9.97 Å². The second-order valence-corrected chi connectivity index (χ2v) is 7.13. The average molecular weight is 334 g/mol. The number of fused-ring (bicyclic) bond motifs is 1. The van der Waals surface area contributed by atoms with Crippen molar-refractivity contribution in [1.82, 2.24) is 9.97 Å². The van der Waals surface area contributed by atoms with Crippen LogP contribution in [0.1, 0.15) is 16.4 Å². The maximum absolute atomic E-state index is 4.53. The fourth-order valence-corrected chi connectivity index (χ4v) is 4.56. The minimum absolute atomic E-state index is 0.218. The first-order chi connectivity index (χ1) is 11.4. The monoisotopic (exact) mass is 334 g/mol. The van der Waals surface area contributed by atoms with Crippen molar-refractivity contribution in [3.8, 4) is 0 Å². The third-order valence-electron chi connectivity index (χ3n) is 3.66. The van der Waals surface area contributed by atoms with Crippen LogP contribution < -0.4 is 0 Å². The van der Waals surface area contributed by atoms with Gasteiger partial charge in [0.2, 0.25) is 0 Å². The van der Waals surface area contributed by atoms with Gasteiger partial charge in [0.15, 0.2) is 0 Å². The normalized spacial score (nSPS) is 11.2. The molecule has 0 spiro atoms. The molecule has 2 heterocycles. The molecule has 2 nitrogen and oxygen atoms in total. The summed E-state index contributed by atoms with van der Waals surface area (Å²) in [5.74, 6) is 0. The van der Waals surface area contributed by atoms with Gasteiger partial charge in [0.1, 0.15) is 16.2 Å². The van der Waals surface area contributed by atoms with Crippen molar-refractivity contribution in [2.75, 3.05) is 0 Å². The van der Waals surface area contributed by atoms with Crippen LogP contribution in [0.25, 0.3) is 10.2 Å². The Morgan fingerprint density at radius 3 is 2.09 bits per heavy atom. The van der Waals surface area contributed by atoms with Crippen LogP contribution in [0, 0.1) is 0 Å². The topological polar surface area (TPSA) is 25.8 Å². The second-order valence-electron chi connectivity index (χ2n) is 5.14. The van der Waals surface area contributed by atoms with Crippen molar-refractivity contribution >= 4 is 33.3 Å². The highest BCUT2D eigenvalue weighted by Gasteiger charge is 2.18. The molecule has 0 aliphatic heterocycles. The molecule has 0 bridgehead atoms. The third kappa shape index (κ3) is 3.00. The van der Waals surface area contributed by atoms with E-state index >= 15 is 0 Å². The van der Waals surface area contributed by atoms with Gasteiger partial charge in [-0.1, -0.05) is 72.4 Å². The second kappa shape index (κ2) is 6.52. The summed E-state index contributed by atoms with van der Waals surface area (Å²) in [5.41, 5.74) is 2.57. The number of nitrogens with zero attached hydrogens (tertiary/aromatic N) is 2. The lowest BCUT2D eigenvalue weighted by Gasteiger charge is -2.17. The molecule has 0 aliphatic rings. The Balaban J connectivity index is 1.79. The molecule has 0 radical (unpaired) electrons. The van der Waals surface area contributed by atoms with Crippen LogP contribution >= 0.6 is 23.1 Å². The molecule has 0 fully saturated rings. The smallest absolute Gasteiger partial charge is 0.127 e. The van der Waals surface area contributed by atoms with Gasteiger partial charge in [-0.05, 0) is 22.6 Å². The highest BCUT2D eigenvalue weighted by molar-refractivity contribution is 7.99. The first-order valence-electron chi connectivity index (χ1n) is 7.36. The molecule has 2 aromatic heterocycles. The molecule has 0 aliphatic carbocycles. The highest BCUT2D eigenvalue weighted by Crippen LogP contribution is 2.42. The van der Waals surface area contributed by atoms with E-state index in [4.69, 9.17) is 0 Å². The first-order valence-corrected chi connectivity index (χ1v) is 9.12. The molecule has 0 atom stereocenters. The lowest BCUT2D eigenvalue weighted by Crippen LogP contribution is -1.97. The van der Waals surface area contributed by atoms with E-state index in [2.05, 4.69) is 82.1 Å². The Labute approximate surface area is 143 Å². The first kappa shape index (κ1) is 14.4. The van der Waals surface area contributed by atoms with Crippen LogP contribution in [-0.2, 0) is 0 Å². The Morgan fingerprint density at radius 1 is 0.783 bits per heavy atom. The Bertz CT molecular complexity index is 865. The van der Waals surface area contributed by atoms with Crippen molar-refractivity contribution < 1.29 is 0 Å². The summed E-state index contributed by atoms with van der Waals surface area (Å²) in [5, 5.41) is 4.47. The molecular formula is C19H14N2S2. The fourth-order valence-electron chi connectivity index (χ4n) is 2.56. The van der Waals surface area contributed by atoms with E-state index in [1.165, 1.54) is 11.1 Å². The molecule has 112 valence electrons. The zero-order chi connectivity index (χ0) is 15.5. The lowest BCUT2D eigenvalue weighted by molar-refractivity contribution is 1.08. The molecule has 23 heavy (non-hydrogen) atoms. The molecule has 0 saturated carbocycles. The van der Waals surface area contributed by atoms with Crippen molar-refractivity contribution in [3.05, 3.63) is 89.6 Å². The van der Waals surface area contributed by atoms with E-state index in [1.54, 1.807) is 29.4 Å². The predicted octanol–water partition coefficient (Wildman–Crippen LogP) is 5.57. The molecule has 4 heteroatoms. The third-order valence-corrected chi connectivity index (χ3v) is 5.81. The SMILES string of the molecule is c1ccc(C(Sc2ncnc3sccc23)c2ccccc2)cc1. The van der Waals surface area contributed by atoms with Crippen LogP contribution in [0.15, 0.2) is 83.5 Å². The van der Waals surface area contributed by atoms with Gasteiger partial charge in [-0.25, -0.2) is 9.97 Å². The summed E-state index contributed by atoms with van der Waals surface area (Å²) < 4.78 is 0. The maximum atomic E-state index is 4.53. The number of hydrogen-bond donors (Lipinski definition) is 0. The van der Waals surface area contributed by atoms with E-state index in [0.29, 0.717) is 0 Å². The summed E-state index contributed by atoms with van der Waals surface area (Å²) in [7, 11) is 0. The van der Waals surface area contributed by atoms with Crippen molar-refractivity contribution in [2.24, 2.45) is 0 Å². The van der Waals surface area contributed by atoms with Gasteiger partial charge in [0.05, 0.1) is 5.25 Å². The van der Waals surface area contributed by atoms with Crippen LogP contribution in [0.5, 0.6) is 0 Å². The molecule has 4 rings (SSSR count). The van der Waals surface area contributed by atoms with E-state index in [1.807, 2.05) is 0 Å². The summed E-state index contributed by atoms with van der Waals surface area (Å²) in [6, 6.07) is 23.3. The van der Waals surface area contributed by atoms with Gasteiger partial charge in [-0.15, -0.1) is 11.3 Å². The fraction of sp³-hybridized carbons (Fsp3) is 0.0526. The summed E-state index contributed by atoms with van der Waals surface area (Å²) in [6.45, 7) is 0. The standard InChI is InChI=1S/C19H14N2S2/c1-3-7-14(8-4-1)17(15-9-5-2-6-10-15)23-19-16-11-12-22-18(16)20-13-21-19/h1-13,17H. The Hall–Kier alpha value is -2.17. The number of aromatic nitrogens is 2. The predicted molar refractivity (Wildman–Crippen MR) is 98.0 cm³/mol. The van der Waals surface area contributed by atoms with Gasteiger partial charge in [-0.2, -0.15) is 0 Å². The van der Waals surface area contributed by atoms with Gasteiger partial charge >= 0.3 is 0 Å². The van der Waals surface area contributed by atoms with E-state index in [0.717, 1.165) is 15.2 Å². The molecular weight excluding hydrogens is 320 g/mol. The average Bonchev–Trinajstić information content (AvgIpc) is 3.11. The zero-order valence-corrected chi connectivity index (χ0v) is 13.9. The van der Waals surface area contributed by atoms with Crippen molar-refractivity contribution in [2.45, 2.75) is 10.3 Å². The minimum Gasteiger partial charge on any atom is -0.229 e. The van der Waals surface area contributed by atoms with E-state index in [9.17, 15) is 0 Å². The van der Waals surface area contributed by atoms with Gasteiger partial charge in [0, 0.05) is 5.39 Å². The molecule has 0 unspecified atom stereocenters. The van der Waals surface area contributed by atoms with Gasteiger partial charge < -0.3 is 0 Å². The Morgan fingerprint density at radius 2 is 1.43 bits per heavy atom. The molecule has 0 N–H and O–H groups in total. The maximum Gasteiger partial charge on any atom is 0.127 e. The number of thioether (sulfide) groups is 1. The van der Waals surface area contributed by atoms with Crippen molar-refractivity contribution in [3.63, 3.8) is 0 Å². The summed E-state index contributed by atoms with van der Waals surface area (Å²) >= 11 is 3.44. The highest BCUT2D eigenvalue weighted by atomic mass is 32.2. The summed E-state index contributed by atoms with van der Waals surface area (Å²) in [4.78, 5) is 9.92. The number of benzene rings is 2. The number of rotatable bonds is 4. The molecule has 0 saturated heterocycles. The minimum atomic E-state index is 0.218. The molecule has 4 aromatic rings. The largest absolute Gasteiger partial charge is 0.229 e. The van der Waals surface area contributed by atoms with E-state index in [-0.39, 0.29) is 5.25 Å². The zero-order valence-electron chi connectivity index (χ0n) is 12.3. The Kier molecular flexibility index (Phi) is 4.09. The molecule has 2 aromatic carbocycles. The number of thiophene rings is 1. The molecule has 0 amide bonds. The van der Waals surface area contributed by atoms with Crippen LogP contribution in [0.4, 0.5) is 0 Å².